The largest absolute Gasteiger partial charge is 0.357 e. The Balaban J connectivity index is 1.46. The smallest absolute Gasteiger partial charge is 0.270 e. The van der Waals surface area contributed by atoms with Crippen molar-refractivity contribution in [3.8, 4) is 6.07 Å². The van der Waals surface area contributed by atoms with Gasteiger partial charge in [0.1, 0.15) is 21.8 Å². The second-order valence-corrected chi connectivity index (χ2v) is 12.4. The van der Waals surface area contributed by atoms with Crippen LogP contribution in [0.2, 0.25) is 0 Å². The average molecular weight is 547 g/mol. The highest BCUT2D eigenvalue weighted by atomic mass is 32.2. The first kappa shape index (κ1) is 26.7. The van der Waals surface area contributed by atoms with Crippen molar-refractivity contribution in [3.05, 3.63) is 67.8 Å². The molecular weight excluding hydrogens is 512 g/mol. The van der Waals surface area contributed by atoms with Gasteiger partial charge in [0.05, 0.1) is 4.91 Å². The monoisotopic (exact) mass is 546 g/mol. The van der Waals surface area contributed by atoms with Crippen molar-refractivity contribution in [2.24, 2.45) is 13.0 Å². The van der Waals surface area contributed by atoms with Crippen molar-refractivity contribution in [1.29, 1.82) is 5.26 Å². The number of nitriles is 1. The molecule has 6 nitrogen and oxygen atoms in total. The van der Waals surface area contributed by atoms with Crippen LogP contribution in [0, 0.1) is 24.2 Å². The van der Waals surface area contributed by atoms with Crippen molar-refractivity contribution in [2.45, 2.75) is 64.3 Å². The van der Waals surface area contributed by atoms with Gasteiger partial charge in [0.25, 0.3) is 11.5 Å². The van der Waals surface area contributed by atoms with E-state index in [2.05, 4.69) is 35.2 Å². The summed E-state index contributed by atoms with van der Waals surface area (Å²) in [7, 11) is 1.73. The van der Waals surface area contributed by atoms with Gasteiger partial charge in [-0.25, -0.2) is 0 Å². The average Bonchev–Trinajstić information content (AvgIpc) is 3.21. The van der Waals surface area contributed by atoms with E-state index < -0.39 is 0 Å². The van der Waals surface area contributed by atoms with E-state index in [1.165, 1.54) is 23.7 Å². The van der Waals surface area contributed by atoms with Gasteiger partial charge in [-0.05, 0) is 62.1 Å². The Hall–Kier alpha value is -2.89. The number of aromatic nitrogens is 1. The van der Waals surface area contributed by atoms with Crippen LogP contribution in [0.4, 0.5) is 5.82 Å². The molecule has 1 aromatic heterocycles. The van der Waals surface area contributed by atoms with E-state index in [0.717, 1.165) is 69.4 Å². The lowest BCUT2D eigenvalue weighted by atomic mass is 9.90. The molecule has 2 aromatic rings. The van der Waals surface area contributed by atoms with Gasteiger partial charge in [-0.2, -0.15) is 5.26 Å². The normalized spacial score (nSPS) is 20.4. The molecule has 2 aliphatic heterocycles. The van der Waals surface area contributed by atoms with Crippen molar-refractivity contribution < 1.29 is 4.79 Å². The minimum absolute atomic E-state index is 0.0498. The molecule has 0 N–H and O–H groups in total. The van der Waals surface area contributed by atoms with Crippen molar-refractivity contribution in [2.75, 3.05) is 18.0 Å². The number of hydrogen-bond acceptors (Lipinski definition) is 6. The van der Waals surface area contributed by atoms with E-state index in [9.17, 15) is 14.9 Å². The molecule has 0 atom stereocenters. The first-order chi connectivity index (χ1) is 18.4. The van der Waals surface area contributed by atoms with E-state index in [1.807, 2.05) is 24.0 Å². The van der Waals surface area contributed by atoms with Crippen LogP contribution in [0.5, 0.6) is 0 Å². The summed E-state index contributed by atoms with van der Waals surface area (Å²) in [6.07, 6.45) is 10.4. The van der Waals surface area contributed by atoms with E-state index in [1.54, 1.807) is 11.6 Å². The van der Waals surface area contributed by atoms with Gasteiger partial charge in [-0.3, -0.25) is 19.1 Å². The molecule has 3 heterocycles. The molecule has 0 bridgehead atoms. The van der Waals surface area contributed by atoms with Crippen LogP contribution in [-0.2, 0) is 18.3 Å². The van der Waals surface area contributed by atoms with Crippen molar-refractivity contribution in [3.63, 3.8) is 0 Å². The summed E-state index contributed by atoms with van der Waals surface area (Å²) in [5.41, 5.74) is 2.59. The number of anilines is 1. The van der Waals surface area contributed by atoms with Gasteiger partial charge in [-0.15, -0.1) is 0 Å². The minimum atomic E-state index is -0.293. The van der Waals surface area contributed by atoms with Crippen LogP contribution in [0.15, 0.2) is 40.0 Å². The summed E-state index contributed by atoms with van der Waals surface area (Å²) in [5, 5.41) is 9.79. The maximum absolute atomic E-state index is 13.5. The second kappa shape index (κ2) is 11.5. The Morgan fingerprint density at radius 1 is 1.08 bits per heavy atom. The number of amides is 1. The third kappa shape index (κ3) is 5.19. The molecule has 2 saturated heterocycles. The fourth-order valence-electron chi connectivity index (χ4n) is 6.16. The van der Waals surface area contributed by atoms with Crippen LogP contribution < -0.4 is 10.5 Å². The maximum atomic E-state index is 13.5. The highest BCUT2D eigenvalue weighted by molar-refractivity contribution is 8.26. The summed E-state index contributed by atoms with van der Waals surface area (Å²) < 4.78 is 2.20. The molecule has 3 aliphatic rings. The zero-order valence-electron chi connectivity index (χ0n) is 22.1. The van der Waals surface area contributed by atoms with Crippen LogP contribution in [0.1, 0.15) is 67.2 Å². The van der Waals surface area contributed by atoms with Gasteiger partial charge in [0.2, 0.25) is 0 Å². The Morgan fingerprint density at radius 2 is 1.76 bits per heavy atom. The number of piperidine rings is 1. The summed E-state index contributed by atoms with van der Waals surface area (Å²) in [4.78, 5) is 31.3. The predicted molar refractivity (Wildman–Crippen MR) is 158 cm³/mol. The number of rotatable bonds is 5. The van der Waals surface area contributed by atoms with Crippen molar-refractivity contribution in [1.82, 2.24) is 9.47 Å². The van der Waals surface area contributed by atoms with Gasteiger partial charge >= 0.3 is 0 Å². The van der Waals surface area contributed by atoms with Gasteiger partial charge < -0.3 is 4.90 Å². The molecule has 0 spiro atoms. The number of hydrogen-bond donors (Lipinski definition) is 0. The Kier molecular flexibility index (Phi) is 8.06. The molecule has 38 heavy (non-hydrogen) atoms. The third-order valence-corrected chi connectivity index (χ3v) is 9.62. The van der Waals surface area contributed by atoms with Crippen LogP contribution in [0.25, 0.3) is 6.08 Å². The molecule has 1 amide bonds. The topological polar surface area (TPSA) is 69.3 Å². The molecule has 0 radical (unpaired) electrons. The van der Waals surface area contributed by atoms with E-state index in [0.29, 0.717) is 20.7 Å². The number of benzene rings is 1. The molecule has 0 unspecified atom stereocenters. The van der Waals surface area contributed by atoms with Crippen LogP contribution >= 0.6 is 24.0 Å². The number of thiocarbonyl (C=S) groups is 1. The molecule has 1 saturated carbocycles. The lowest BCUT2D eigenvalue weighted by molar-refractivity contribution is -0.124. The predicted octanol–water partition coefficient (Wildman–Crippen LogP) is 5.56. The summed E-state index contributed by atoms with van der Waals surface area (Å²) >= 11 is 6.99. The number of carbonyl (C=O) groups excluding carboxylic acids is 1. The highest BCUT2D eigenvalue weighted by Crippen LogP contribution is 2.39. The minimum Gasteiger partial charge on any atom is -0.357 e. The zero-order chi connectivity index (χ0) is 26.8. The number of pyridine rings is 1. The van der Waals surface area contributed by atoms with E-state index in [-0.39, 0.29) is 23.1 Å². The highest BCUT2D eigenvalue weighted by Gasteiger charge is 2.38. The van der Waals surface area contributed by atoms with Crippen LogP contribution in [-0.4, -0.2) is 38.8 Å². The summed E-state index contributed by atoms with van der Waals surface area (Å²) in [6, 6.07) is 12.9. The van der Waals surface area contributed by atoms with Gasteiger partial charge in [0.15, 0.2) is 0 Å². The maximum Gasteiger partial charge on any atom is 0.270 e. The van der Waals surface area contributed by atoms with Gasteiger partial charge in [0, 0.05) is 31.7 Å². The molecule has 1 aliphatic carbocycles. The number of thioether (sulfide) groups is 1. The molecule has 198 valence electrons. The number of carbonyl (C=O) groups is 1. The first-order valence-corrected chi connectivity index (χ1v) is 14.8. The lowest BCUT2D eigenvalue weighted by Gasteiger charge is -2.36. The number of nitrogens with zero attached hydrogens (tertiary/aromatic N) is 4. The van der Waals surface area contributed by atoms with Crippen molar-refractivity contribution >= 4 is 46.1 Å². The fourth-order valence-corrected chi connectivity index (χ4v) is 7.54. The third-order valence-electron chi connectivity index (χ3n) is 8.29. The quantitative estimate of drug-likeness (QED) is 0.361. The van der Waals surface area contributed by atoms with Gasteiger partial charge in [-0.1, -0.05) is 73.6 Å². The molecular formula is C30H34N4O2S2. The summed E-state index contributed by atoms with van der Waals surface area (Å²) in [5.74, 6) is 1.32. The molecule has 1 aromatic carbocycles. The van der Waals surface area contributed by atoms with E-state index >= 15 is 0 Å². The SMILES string of the molecule is Cc1c(C=C2SC(=S)N(C3CCCCC3)C2=O)c(N2CCC(Cc3ccccc3)CC2)n(C)c(=O)c1C#N. The van der Waals surface area contributed by atoms with Crippen LogP contribution in [0.3, 0.4) is 0 Å². The standard InChI is InChI=1S/C30H34N4O2S2/c1-20-24(18-26-29(36)34(30(37)38-26)23-11-7-4-8-12-23)27(32(2)28(35)25(20)19-31)33-15-13-22(14-16-33)17-21-9-5-3-6-10-21/h3,5-6,9-10,18,22-23H,4,7-8,11-17H2,1-2H3. The second-order valence-electron chi connectivity index (χ2n) is 10.7. The fraction of sp³-hybridized carbons (Fsp3) is 0.467. The molecule has 8 heteroatoms. The van der Waals surface area contributed by atoms with E-state index in [4.69, 9.17) is 12.2 Å². The first-order valence-electron chi connectivity index (χ1n) is 13.6. The Bertz CT molecular complexity index is 1360. The summed E-state index contributed by atoms with van der Waals surface area (Å²) in [6.45, 7) is 3.46. The Morgan fingerprint density at radius 3 is 2.42 bits per heavy atom. The molecule has 3 fully saturated rings. The lowest BCUT2D eigenvalue weighted by Crippen LogP contribution is -2.40. The molecule has 5 rings (SSSR count). The Labute approximate surface area is 234 Å². The zero-order valence-corrected chi connectivity index (χ0v) is 23.7.